The van der Waals surface area contributed by atoms with Gasteiger partial charge in [-0.25, -0.2) is 0 Å². The number of fused-ring (bicyclic) bond motifs is 2. The van der Waals surface area contributed by atoms with Crippen molar-refractivity contribution in [2.24, 2.45) is 11.8 Å². The average Bonchev–Trinajstić information content (AvgIpc) is 3.90. The van der Waals surface area contributed by atoms with E-state index >= 15 is 0 Å². The van der Waals surface area contributed by atoms with E-state index in [1.165, 1.54) is 16.2 Å². The summed E-state index contributed by atoms with van der Waals surface area (Å²) in [4.78, 5) is 77.7. The molecule has 1 aromatic heterocycles. The van der Waals surface area contributed by atoms with Gasteiger partial charge in [-0.15, -0.1) is 11.3 Å². The van der Waals surface area contributed by atoms with E-state index in [0.29, 0.717) is 80.0 Å². The second-order valence-corrected chi connectivity index (χ2v) is 14.3. The molecule has 7 rings (SSSR count). The molecule has 0 radical (unpaired) electrons. The summed E-state index contributed by atoms with van der Waals surface area (Å²) in [5.41, 5.74) is 4.01. The van der Waals surface area contributed by atoms with Crippen LogP contribution < -0.4 is 10.1 Å². The first-order valence-corrected chi connectivity index (χ1v) is 18.3. The van der Waals surface area contributed by atoms with E-state index in [2.05, 4.69) is 10.3 Å². The Morgan fingerprint density at radius 1 is 0.960 bits per heavy atom. The lowest BCUT2D eigenvalue weighted by Gasteiger charge is -2.43. The predicted octanol–water partition coefficient (Wildman–Crippen LogP) is 3.46. The van der Waals surface area contributed by atoms with Crippen LogP contribution in [0.2, 0.25) is 0 Å². The van der Waals surface area contributed by atoms with E-state index in [1.54, 1.807) is 45.8 Å². The lowest BCUT2D eigenvalue weighted by molar-refractivity contribution is -0.146. The van der Waals surface area contributed by atoms with E-state index in [-0.39, 0.29) is 37.0 Å². The average molecular weight is 700 g/mol. The number of benzene rings is 2. The number of ether oxygens (including phenoxy) is 1. The third-order valence-corrected chi connectivity index (χ3v) is 11.2. The molecular weight excluding hydrogens is 659 g/mol. The number of aromatic nitrogens is 1. The Morgan fingerprint density at radius 2 is 1.72 bits per heavy atom. The number of amides is 5. The van der Waals surface area contributed by atoms with Gasteiger partial charge in [-0.05, 0) is 49.4 Å². The standard InChI is InChI=1S/C37H41N5O7S/c43-18-6-15-39-33(44)25-8-1-2-9-26(25)34(45)41-17-13-23-7-5-12-30(49-24-14-16-40(20-24)37(48)31-19-38-22-50-31)32(23)29(41)21-42-35(46)27-10-3-4-11-28(27)36(42)47/h3-5,7,10-12,19,22,24-26,29,43H,1-2,6,8-9,13-18,20-21H2,(H,39,44)/t24?,25-,26+,29+/m0/s1. The maximum atomic E-state index is 14.7. The van der Waals surface area contributed by atoms with Gasteiger partial charge in [0.15, 0.2) is 0 Å². The van der Waals surface area contributed by atoms with Crippen molar-refractivity contribution in [3.8, 4) is 5.75 Å². The summed E-state index contributed by atoms with van der Waals surface area (Å²) in [6.07, 6.45) is 5.67. The van der Waals surface area contributed by atoms with Crippen LogP contribution in [0.1, 0.15) is 86.1 Å². The zero-order chi connectivity index (χ0) is 34.8. The molecule has 13 heteroatoms. The summed E-state index contributed by atoms with van der Waals surface area (Å²) in [5.74, 6) is -1.77. The molecule has 1 unspecified atom stereocenters. The number of nitrogens with zero attached hydrogens (tertiary/aromatic N) is 4. The minimum atomic E-state index is -0.707. The molecule has 50 heavy (non-hydrogen) atoms. The van der Waals surface area contributed by atoms with Gasteiger partial charge in [-0.1, -0.05) is 37.1 Å². The summed E-state index contributed by atoms with van der Waals surface area (Å²) in [6.45, 7) is 1.52. The monoisotopic (exact) mass is 699 g/mol. The fraction of sp³-hybridized carbons (Fsp3) is 0.459. The van der Waals surface area contributed by atoms with Crippen molar-refractivity contribution in [2.75, 3.05) is 39.3 Å². The predicted molar refractivity (Wildman–Crippen MR) is 184 cm³/mol. The second kappa shape index (κ2) is 14.7. The quantitative estimate of drug-likeness (QED) is 0.242. The molecule has 0 bridgehead atoms. The molecule has 4 heterocycles. The molecule has 4 atom stereocenters. The highest BCUT2D eigenvalue weighted by Gasteiger charge is 2.45. The number of thiazole rings is 1. The van der Waals surface area contributed by atoms with Crippen LogP contribution in [-0.4, -0.2) is 99.8 Å². The van der Waals surface area contributed by atoms with Crippen LogP contribution >= 0.6 is 11.3 Å². The van der Waals surface area contributed by atoms with Crippen LogP contribution in [0.15, 0.2) is 54.2 Å². The first-order chi connectivity index (χ1) is 24.4. The molecule has 1 saturated heterocycles. The van der Waals surface area contributed by atoms with Crippen LogP contribution in [0.25, 0.3) is 0 Å². The largest absolute Gasteiger partial charge is 0.488 e. The number of likely N-dealkylation sites (tertiary alicyclic amines) is 1. The van der Waals surface area contributed by atoms with Gasteiger partial charge in [0.25, 0.3) is 17.7 Å². The van der Waals surface area contributed by atoms with Gasteiger partial charge in [0.05, 0.1) is 42.0 Å². The van der Waals surface area contributed by atoms with Gasteiger partial charge in [-0.2, -0.15) is 0 Å². The number of carbonyl (C=O) groups excluding carboxylic acids is 5. The number of imide groups is 1. The van der Waals surface area contributed by atoms with Crippen molar-refractivity contribution in [1.29, 1.82) is 0 Å². The topological polar surface area (TPSA) is 149 Å². The highest BCUT2D eigenvalue weighted by molar-refractivity contribution is 7.11. The Morgan fingerprint density at radius 3 is 2.44 bits per heavy atom. The molecule has 1 aliphatic carbocycles. The number of carbonyl (C=O) groups is 5. The van der Waals surface area contributed by atoms with E-state index in [1.807, 2.05) is 18.2 Å². The van der Waals surface area contributed by atoms with Gasteiger partial charge in [0.1, 0.15) is 16.7 Å². The molecule has 262 valence electrons. The Hall–Kier alpha value is -4.62. The van der Waals surface area contributed by atoms with E-state index in [4.69, 9.17) is 4.74 Å². The minimum absolute atomic E-state index is 0.0360. The zero-order valence-electron chi connectivity index (χ0n) is 27.8. The summed E-state index contributed by atoms with van der Waals surface area (Å²) < 4.78 is 6.65. The molecule has 3 aromatic rings. The van der Waals surface area contributed by atoms with Gasteiger partial charge in [0, 0.05) is 50.1 Å². The normalized spacial score (nSPS) is 23.1. The fourth-order valence-electron chi connectivity index (χ4n) is 7.91. The van der Waals surface area contributed by atoms with Crippen LogP contribution in [0.4, 0.5) is 0 Å². The molecule has 4 aliphatic rings. The van der Waals surface area contributed by atoms with E-state index in [0.717, 1.165) is 24.0 Å². The minimum Gasteiger partial charge on any atom is -0.488 e. The number of hydrogen-bond acceptors (Lipinski definition) is 9. The molecule has 1 saturated carbocycles. The van der Waals surface area contributed by atoms with Crippen LogP contribution in [-0.2, 0) is 16.0 Å². The van der Waals surface area contributed by atoms with Crippen molar-refractivity contribution in [3.05, 3.63) is 81.3 Å². The van der Waals surface area contributed by atoms with Crippen molar-refractivity contribution in [3.63, 3.8) is 0 Å². The van der Waals surface area contributed by atoms with Gasteiger partial charge < -0.3 is 25.0 Å². The smallest absolute Gasteiger partial charge is 0.265 e. The molecule has 2 N–H and O–H groups in total. The van der Waals surface area contributed by atoms with Crippen molar-refractivity contribution >= 4 is 40.9 Å². The van der Waals surface area contributed by atoms with Crippen molar-refractivity contribution in [1.82, 2.24) is 25.0 Å². The number of aliphatic hydroxyl groups excluding tert-OH is 1. The lowest BCUT2D eigenvalue weighted by atomic mass is 9.77. The molecule has 2 aromatic carbocycles. The highest BCUT2D eigenvalue weighted by Crippen LogP contribution is 2.42. The molecule has 5 amide bonds. The summed E-state index contributed by atoms with van der Waals surface area (Å²) in [5, 5.41) is 12.1. The maximum Gasteiger partial charge on any atom is 0.265 e. The van der Waals surface area contributed by atoms with Crippen LogP contribution in [0.3, 0.4) is 0 Å². The Bertz CT molecular complexity index is 1750. The zero-order valence-corrected chi connectivity index (χ0v) is 28.6. The summed E-state index contributed by atoms with van der Waals surface area (Å²) in [7, 11) is 0. The van der Waals surface area contributed by atoms with E-state index in [9.17, 15) is 29.1 Å². The fourth-order valence-corrected chi connectivity index (χ4v) is 8.50. The SMILES string of the molecule is O=C(NCCCO)[C@H]1CCCC[C@H]1C(=O)N1CCc2cccc(OC3CCN(C(=O)c4cncs4)C3)c2[C@H]1CN1C(=O)c2ccccc2C1=O. The highest BCUT2D eigenvalue weighted by atomic mass is 32.1. The molecular formula is C37H41N5O7S. The Kier molecular flexibility index (Phi) is 9.95. The maximum absolute atomic E-state index is 14.7. The third kappa shape index (κ3) is 6.51. The summed E-state index contributed by atoms with van der Waals surface area (Å²) >= 11 is 1.30. The number of rotatable bonds is 10. The number of aliphatic hydroxyl groups is 1. The Balaban J connectivity index is 1.19. The Labute approximate surface area is 294 Å². The van der Waals surface area contributed by atoms with Crippen molar-refractivity contribution < 1.29 is 33.8 Å². The van der Waals surface area contributed by atoms with Crippen LogP contribution in [0, 0.1) is 11.8 Å². The molecule has 2 fully saturated rings. The molecule has 12 nitrogen and oxygen atoms in total. The van der Waals surface area contributed by atoms with Gasteiger partial charge >= 0.3 is 0 Å². The third-order valence-electron chi connectivity index (χ3n) is 10.4. The lowest BCUT2D eigenvalue weighted by Crippen LogP contribution is -2.51. The molecule has 0 spiro atoms. The first-order valence-electron chi connectivity index (χ1n) is 17.5. The second-order valence-electron chi connectivity index (χ2n) is 13.4. The van der Waals surface area contributed by atoms with Crippen LogP contribution in [0.5, 0.6) is 5.75 Å². The van der Waals surface area contributed by atoms with Gasteiger partial charge in [-0.3, -0.25) is 33.9 Å². The summed E-state index contributed by atoms with van der Waals surface area (Å²) in [6, 6.07) is 11.8. The number of nitrogens with one attached hydrogen (secondary N) is 1. The first kappa shape index (κ1) is 33.9. The van der Waals surface area contributed by atoms with Gasteiger partial charge in [0.2, 0.25) is 11.8 Å². The molecule has 3 aliphatic heterocycles. The van der Waals surface area contributed by atoms with Crippen molar-refractivity contribution in [2.45, 2.75) is 57.1 Å². The van der Waals surface area contributed by atoms with E-state index < -0.39 is 29.7 Å². The number of hydrogen-bond donors (Lipinski definition) is 2.